The Labute approximate surface area is 169 Å². The Kier molecular flexibility index (Phi) is 5.09. The van der Waals surface area contributed by atoms with E-state index >= 15 is 0 Å². The number of thiophene rings is 1. The Morgan fingerprint density at radius 1 is 1.17 bits per heavy atom. The van der Waals surface area contributed by atoms with Crippen molar-refractivity contribution < 1.29 is 13.9 Å². The van der Waals surface area contributed by atoms with E-state index in [0.29, 0.717) is 10.2 Å². The second-order valence-corrected chi connectivity index (χ2v) is 7.46. The summed E-state index contributed by atoms with van der Waals surface area (Å²) in [5.74, 6) is -1.21. The summed E-state index contributed by atoms with van der Waals surface area (Å²) in [6, 6.07) is 15.3. The van der Waals surface area contributed by atoms with Gasteiger partial charge in [0.1, 0.15) is 11.2 Å². The SMILES string of the molecule is Cc1sc2ncn(NC(=O)COc3ccccc3F)c(=O)c2c1-c1ccccc1. The van der Waals surface area contributed by atoms with Crippen molar-refractivity contribution in [2.45, 2.75) is 6.92 Å². The summed E-state index contributed by atoms with van der Waals surface area (Å²) in [7, 11) is 0. The lowest BCUT2D eigenvalue weighted by Crippen LogP contribution is -2.35. The minimum absolute atomic E-state index is 0.0385. The Morgan fingerprint density at radius 3 is 2.66 bits per heavy atom. The summed E-state index contributed by atoms with van der Waals surface area (Å²) >= 11 is 1.42. The summed E-state index contributed by atoms with van der Waals surface area (Å²) < 4.78 is 19.8. The van der Waals surface area contributed by atoms with Crippen LogP contribution in [-0.4, -0.2) is 22.2 Å². The first-order valence-electron chi connectivity index (χ1n) is 8.78. The summed E-state index contributed by atoms with van der Waals surface area (Å²) in [5, 5.41) is 0.441. The van der Waals surface area contributed by atoms with Crippen molar-refractivity contribution >= 4 is 27.5 Å². The van der Waals surface area contributed by atoms with Gasteiger partial charge in [-0.25, -0.2) is 14.1 Å². The third-order valence-electron chi connectivity index (χ3n) is 4.29. The molecule has 0 atom stereocenters. The molecule has 0 aliphatic heterocycles. The minimum Gasteiger partial charge on any atom is -0.481 e. The van der Waals surface area contributed by atoms with Crippen LogP contribution >= 0.6 is 11.3 Å². The molecule has 29 heavy (non-hydrogen) atoms. The van der Waals surface area contributed by atoms with Crippen LogP contribution in [0.5, 0.6) is 5.75 Å². The number of hydrogen-bond donors (Lipinski definition) is 1. The molecular weight excluding hydrogens is 393 g/mol. The van der Waals surface area contributed by atoms with Crippen LogP contribution in [-0.2, 0) is 4.79 Å². The molecule has 1 N–H and O–H groups in total. The van der Waals surface area contributed by atoms with Gasteiger partial charge in [-0.15, -0.1) is 11.3 Å². The molecule has 0 saturated heterocycles. The number of nitrogens with one attached hydrogen (secondary N) is 1. The number of amides is 1. The molecule has 4 aromatic rings. The van der Waals surface area contributed by atoms with E-state index in [2.05, 4.69) is 10.4 Å². The first-order chi connectivity index (χ1) is 14.0. The van der Waals surface area contributed by atoms with Crippen molar-refractivity contribution in [2.75, 3.05) is 12.0 Å². The van der Waals surface area contributed by atoms with Gasteiger partial charge in [-0.05, 0) is 24.6 Å². The highest BCUT2D eigenvalue weighted by Crippen LogP contribution is 2.35. The lowest BCUT2D eigenvalue weighted by atomic mass is 10.0. The predicted molar refractivity (Wildman–Crippen MR) is 110 cm³/mol. The first kappa shape index (κ1) is 18.8. The lowest BCUT2D eigenvalue weighted by Gasteiger charge is -2.10. The summed E-state index contributed by atoms with van der Waals surface area (Å²) in [6.45, 7) is 1.49. The highest BCUT2D eigenvalue weighted by molar-refractivity contribution is 7.19. The van der Waals surface area contributed by atoms with E-state index in [1.807, 2.05) is 37.3 Å². The smallest absolute Gasteiger partial charge is 0.281 e. The quantitative estimate of drug-likeness (QED) is 0.545. The zero-order chi connectivity index (χ0) is 20.4. The van der Waals surface area contributed by atoms with Gasteiger partial charge in [0, 0.05) is 10.4 Å². The highest BCUT2D eigenvalue weighted by atomic mass is 32.1. The normalized spacial score (nSPS) is 10.8. The second kappa shape index (κ2) is 7.84. The molecule has 6 nitrogen and oxygen atoms in total. The zero-order valence-corrected chi connectivity index (χ0v) is 16.2. The maximum absolute atomic E-state index is 13.6. The largest absolute Gasteiger partial charge is 0.481 e. The van der Waals surface area contributed by atoms with E-state index in [0.717, 1.165) is 20.7 Å². The van der Waals surface area contributed by atoms with Gasteiger partial charge in [0.05, 0.1) is 5.39 Å². The average Bonchev–Trinajstić information content (AvgIpc) is 3.07. The number of ether oxygens (including phenoxy) is 1. The molecule has 0 fully saturated rings. The maximum atomic E-state index is 13.6. The van der Waals surface area contributed by atoms with Gasteiger partial charge in [0.25, 0.3) is 11.5 Å². The molecule has 4 rings (SSSR count). The standard InChI is InChI=1S/C21H16FN3O3S/c1-13-18(14-7-3-2-4-8-14)19-20(29-13)23-12-25(21(19)27)24-17(26)11-28-16-10-6-5-9-15(16)22/h2-10,12H,11H2,1H3,(H,24,26). The monoisotopic (exact) mass is 409 g/mol. The number of rotatable bonds is 5. The minimum atomic E-state index is -0.607. The molecule has 0 saturated carbocycles. The fourth-order valence-electron chi connectivity index (χ4n) is 3.01. The molecule has 0 bridgehead atoms. The molecule has 146 valence electrons. The number of aryl methyl sites for hydroxylation is 1. The van der Waals surface area contributed by atoms with Gasteiger partial charge < -0.3 is 4.74 Å². The van der Waals surface area contributed by atoms with E-state index in [-0.39, 0.29) is 5.75 Å². The number of fused-ring (bicyclic) bond motifs is 1. The Bertz CT molecular complexity index is 1250. The van der Waals surface area contributed by atoms with Gasteiger partial charge >= 0.3 is 0 Å². The highest BCUT2D eigenvalue weighted by Gasteiger charge is 2.17. The van der Waals surface area contributed by atoms with Crippen molar-refractivity contribution in [1.82, 2.24) is 9.66 Å². The lowest BCUT2D eigenvalue weighted by molar-refractivity contribution is -0.119. The van der Waals surface area contributed by atoms with E-state index in [1.165, 1.54) is 35.9 Å². The Morgan fingerprint density at radius 2 is 1.90 bits per heavy atom. The number of hydrogen-bond acceptors (Lipinski definition) is 5. The number of carbonyl (C=O) groups excluding carboxylic acids is 1. The van der Waals surface area contributed by atoms with Crippen LogP contribution in [0.25, 0.3) is 21.3 Å². The molecule has 1 amide bonds. The van der Waals surface area contributed by atoms with Gasteiger partial charge in [-0.1, -0.05) is 42.5 Å². The third kappa shape index (κ3) is 3.74. The Balaban J connectivity index is 1.62. The molecule has 0 radical (unpaired) electrons. The summed E-state index contributed by atoms with van der Waals surface area (Å²) in [5.41, 5.74) is 3.75. The van der Waals surface area contributed by atoms with Gasteiger partial charge in [0.15, 0.2) is 18.2 Å². The third-order valence-corrected chi connectivity index (χ3v) is 5.31. The fourth-order valence-corrected chi connectivity index (χ4v) is 4.01. The van der Waals surface area contributed by atoms with E-state index < -0.39 is 23.9 Å². The van der Waals surface area contributed by atoms with Gasteiger partial charge in [-0.2, -0.15) is 0 Å². The number of benzene rings is 2. The van der Waals surface area contributed by atoms with Crippen LogP contribution < -0.4 is 15.7 Å². The zero-order valence-electron chi connectivity index (χ0n) is 15.4. The maximum Gasteiger partial charge on any atom is 0.281 e. The van der Waals surface area contributed by atoms with Crippen molar-refractivity contribution in [3.63, 3.8) is 0 Å². The predicted octanol–water partition coefficient (Wildman–Crippen LogP) is 3.72. The van der Waals surface area contributed by atoms with Crippen molar-refractivity contribution in [3.05, 3.63) is 82.0 Å². The first-order valence-corrected chi connectivity index (χ1v) is 9.59. The molecule has 8 heteroatoms. The van der Waals surface area contributed by atoms with E-state index in [4.69, 9.17) is 4.74 Å². The molecule has 2 aromatic heterocycles. The molecule has 2 heterocycles. The molecule has 0 aliphatic carbocycles. The Hall–Kier alpha value is -3.52. The van der Waals surface area contributed by atoms with Crippen molar-refractivity contribution in [2.24, 2.45) is 0 Å². The van der Waals surface area contributed by atoms with Crippen LogP contribution in [0.4, 0.5) is 4.39 Å². The summed E-state index contributed by atoms with van der Waals surface area (Å²) in [4.78, 5) is 31.1. The van der Waals surface area contributed by atoms with Crippen LogP contribution in [0.2, 0.25) is 0 Å². The molecular formula is C21H16FN3O3S. The van der Waals surface area contributed by atoms with Gasteiger partial charge in [0.2, 0.25) is 0 Å². The van der Waals surface area contributed by atoms with Crippen molar-refractivity contribution in [3.8, 4) is 16.9 Å². The van der Waals surface area contributed by atoms with Crippen molar-refractivity contribution in [1.29, 1.82) is 0 Å². The number of nitrogens with zero attached hydrogens (tertiary/aromatic N) is 2. The van der Waals surface area contributed by atoms with Crippen LogP contribution in [0.15, 0.2) is 65.7 Å². The molecule has 0 unspecified atom stereocenters. The number of para-hydroxylation sites is 1. The number of halogens is 1. The number of aromatic nitrogens is 2. The number of carbonyl (C=O) groups is 1. The van der Waals surface area contributed by atoms with E-state index in [1.54, 1.807) is 6.07 Å². The fraction of sp³-hybridized carbons (Fsp3) is 0.0952. The molecule has 0 spiro atoms. The van der Waals surface area contributed by atoms with Crippen LogP contribution in [0.3, 0.4) is 0 Å². The second-order valence-electron chi connectivity index (χ2n) is 6.25. The van der Waals surface area contributed by atoms with Crippen LogP contribution in [0.1, 0.15) is 4.88 Å². The van der Waals surface area contributed by atoms with Crippen LogP contribution in [0, 0.1) is 12.7 Å². The molecule has 2 aromatic carbocycles. The van der Waals surface area contributed by atoms with Gasteiger partial charge in [-0.3, -0.25) is 15.0 Å². The average molecular weight is 409 g/mol. The topological polar surface area (TPSA) is 73.2 Å². The van der Waals surface area contributed by atoms with E-state index in [9.17, 15) is 14.0 Å². The summed E-state index contributed by atoms with van der Waals surface area (Å²) in [6.07, 6.45) is 1.26. The molecule has 0 aliphatic rings.